The van der Waals surface area contributed by atoms with Crippen LogP contribution in [0.15, 0.2) is 71.2 Å². The standard InChI is InChI=1S/C20H15BrN2O2S/c21-15-10-8-13(9-11-15)12-23-19(24)18(26-20(23)25)22-17-7-3-5-14-4-1-2-6-16(14)17/h1-11,18,22H,12H2. The van der Waals surface area contributed by atoms with Gasteiger partial charge in [-0.15, -0.1) is 0 Å². The third-order valence-corrected chi connectivity index (χ3v) is 5.77. The van der Waals surface area contributed by atoms with E-state index in [4.69, 9.17) is 0 Å². The van der Waals surface area contributed by atoms with E-state index in [1.54, 1.807) is 0 Å². The molecule has 3 aromatic rings. The van der Waals surface area contributed by atoms with Gasteiger partial charge < -0.3 is 5.32 Å². The van der Waals surface area contributed by atoms with E-state index in [0.717, 1.165) is 38.3 Å². The number of hydrogen-bond donors (Lipinski definition) is 1. The van der Waals surface area contributed by atoms with Gasteiger partial charge in [0.05, 0.1) is 6.54 Å². The topological polar surface area (TPSA) is 49.4 Å². The van der Waals surface area contributed by atoms with Gasteiger partial charge in [-0.05, 0) is 40.9 Å². The molecule has 0 saturated carbocycles. The number of fused-ring (bicyclic) bond motifs is 1. The predicted octanol–water partition coefficient (Wildman–Crippen LogP) is 5.24. The maximum Gasteiger partial charge on any atom is 0.291 e. The van der Waals surface area contributed by atoms with Crippen molar-refractivity contribution < 1.29 is 9.59 Å². The Hall–Kier alpha value is -2.31. The van der Waals surface area contributed by atoms with Gasteiger partial charge in [-0.2, -0.15) is 0 Å². The van der Waals surface area contributed by atoms with E-state index >= 15 is 0 Å². The number of carbonyl (C=O) groups excluding carboxylic acids is 2. The molecular weight excluding hydrogens is 412 g/mol. The molecule has 26 heavy (non-hydrogen) atoms. The third kappa shape index (κ3) is 3.34. The van der Waals surface area contributed by atoms with Crippen LogP contribution < -0.4 is 5.32 Å². The zero-order chi connectivity index (χ0) is 18.1. The fourth-order valence-electron chi connectivity index (χ4n) is 2.94. The van der Waals surface area contributed by atoms with Gasteiger partial charge in [0, 0.05) is 15.5 Å². The van der Waals surface area contributed by atoms with E-state index in [-0.39, 0.29) is 17.7 Å². The van der Waals surface area contributed by atoms with Gasteiger partial charge in [-0.1, -0.05) is 64.5 Å². The lowest BCUT2D eigenvalue weighted by Crippen LogP contribution is -2.33. The zero-order valence-corrected chi connectivity index (χ0v) is 16.1. The van der Waals surface area contributed by atoms with E-state index in [1.165, 1.54) is 4.90 Å². The second-order valence-corrected chi connectivity index (χ2v) is 7.96. The number of benzene rings is 3. The summed E-state index contributed by atoms with van der Waals surface area (Å²) in [4.78, 5) is 26.4. The van der Waals surface area contributed by atoms with Crippen LogP contribution in [0.2, 0.25) is 0 Å². The number of nitrogens with one attached hydrogen (secondary N) is 1. The van der Waals surface area contributed by atoms with Crippen LogP contribution in [0.4, 0.5) is 10.5 Å². The monoisotopic (exact) mass is 426 g/mol. The van der Waals surface area contributed by atoms with E-state index in [9.17, 15) is 9.59 Å². The molecular formula is C20H15BrN2O2S. The minimum Gasteiger partial charge on any atom is -0.365 e. The van der Waals surface area contributed by atoms with E-state index in [1.807, 2.05) is 66.7 Å². The predicted molar refractivity (Wildman–Crippen MR) is 109 cm³/mol. The van der Waals surface area contributed by atoms with Crippen molar-refractivity contribution in [3.8, 4) is 0 Å². The van der Waals surface area contributed by atoms with Crippen LogP contribution in [0.3, 0.4) is 0 Å². The molecule has 4 rings (SSSR count). The molecule has 1 unspecified atom stereocenters. The summed E-state index contributed by atoms with van der Waals surface area (Å²) in [7, 11) is 0. The third-order valence-electron chi connectivity index (χ3n) is 4.26. The summed E-state index contributed by atoms with van der Waals surface area (Å²) in [5.74, 6) is -0.212. The van der Waals surface area contributed by atoms with Crippen molar-refractivity contribution in [2.75, 3.05) is 5.32 Å². The minimum atomic E-state index is -0.608. The van der Waals surface area contributed by atoms with Crippen LogP contribution in [0.5, 0.6) is 0 Å². The van der Waals surface area contributed by atoms with Crippen LogP contribution in [0.25, 0.3) is 10.8 Å². The second-order valence-electron chi connectivity index (χ2n) is 5.99. The second kappa shape index (κ2) is 7.13. The average molecular weight is 427 g/mol. The van der Waals surface area contributed by atoms with Crippen molar-refractivity contribution in [2.24, 2.45) is 0 Å². The molecule has 0 radical (unpaired) electrons. The molecule has 3 aromatic carbocycles. The van der Waals surface area contributed by atoms with Crippen LogP contribution in [-0.2, 0) is 11.3 Å². The molecule has 2 amide bonds. The smallest absolute Gasteiger partial charge is 0.291 e. The molecule has 1 aliphatic rings. The summed E-state index contributed by atoms with van der Waals surface area (Å²) in [6.45, 7) is 0.283. The first kappa shape index (κ1) is 17.1. The average Bonchev–Trinajstić information content (AvgIpc) is 2.91. The van der Waals surface area contributed by atoms with E-state index in [2.05, 4.69) is 21.2 Å². The number of imide groups is 1. The lowest BCUT2D eigenvalue weighted by Gasteiger charge is -2.16. The molecule has 0 aliphatic carbocycles. The number of amides is 2. The highest BCUT2D eigenvalue weighted by Crippen LogP contribution is 2.32. The summed E-state index contributed by atoms with van der Waals surface area (Å²) in [6.07, 6.45) is 0. The molecule has 0 spiro atoms. The van der Waals surface area contributed by atoms with Gasteiger partial charge in [0.15, 0.2) is 5.37 Å². The summed E-state index contributed by atoms with van der Waals surface area (Å²) in [5, 5.41) is 4.52. The maximum absolute atomic E-state index is 12.7. The van der Waals surface area contributed by atoms with Crippen LogP contribution in [-0.4, -0.2) is 21.4 Å². The van der Waals surface area contributed by atoms with Gasteiger partial charge >= 0.3 is 0 Å². The Kier molecular flexibility index (Phi) is 4.70. The normalized spacial score (nSPS) is 17.1. The van der Waals surface area contributed by atoms with E-state index in [0.29, 0.717) is 0 Å². The SMILES string of the molecule is O=C1SC(Nc2cccc3ccccc23)C(=O)N1Cc1ccc(Br)cc1. The van der Waals surface area contributed by atoms with E-state index < -0.39 is 5.37 Å². The Bertz CT molecular complexity index is 985. The summed E-state index contributed by atoms with van der Waals surface area (Å²) >= 11 is 4.41. The Balaban J connectivity index is 1.54. The van der Waals surface area contributed by atoms with Crippen molar-refractivity contribution in [3.05, 3.63) is 76.8 Å². The number of hydrogen-bond acceptors (Lipinski definition) is 4. The first-order chi connectivity index (χ1) is 12.6. The van der Waals surface area contributed by atoms with Crippen molar-refractivity contribution in [2.45, 2.75) is 11.9 Å². The Labute approximate surface area is 163 Å². The summed E-state index contributed by atoms with van der Waals surface area (Å²) < 4.78 is 0.963. The molecule has 1 atom stereocenters. The quantitative estimate of drug-likeness (QED) is 0.619. The molecule has 1 heterocycles. The van der Waals surface area contributed by atoms with Gasteiger partial charge in [-0.3, -0.25) is 14.5 Å². The van der Waals surface area contributed by atoms with Gasteiger partial charge in [0.25, 0.3) is 11.1 Å². The number of anilines is 1. The molecule has 6 heteroatoms. The molecule has 0 bridgehead atoms. The maximum atomic E-state index is 12.7. The fraction of sp³-hybridized carbons (Fsp3) is 0.100. The molecule has 130 valence electrons. The van der Waals surface area contributed by atoms with Crippen LogP contribution >= 0.6 is 27.7 Å². The number of thioether (sulfide) groups is 1. The molecule has 0 aromatic heterocycles. The number of rotatable bonds is 4. The number of nitrogens with zero attached hydrogens (tertiary/aromatic N) is 1. The molecule has 1 aliphatic heterocycles. The Morgan fingerprint density at radius 3 is 2.50 bits per heavy atom. The summed E-state index contributed by atoms with van der Waals surface area (Å²) in [6, 6.07) is 21.5. The van der Waals surface area contributed by atoms with Gasteiger partial charge in [0.1, 0.15) is 0 Å². The van der Waals surface area contributed by atoms with Crippen LogP contribution in [0, 0.1) is 0 Å². The largest absolute Gasteiger partial charge is 0.365 e. The highest BCUT2D eigenvalue weighted by Gasteiger charge is 2.39. The number of carbonyl (C=O) groups is 2. The Morgan fingerprint density at radius 1 is 0.962 bits per heavy atom. The highest BCUT2D eigenvalue weighted by atomic mass is 79.9. The molecule has 1 N–H and O–H groups in total. The summed E-state index contributed by atoms with van der Waals surface area (Å²) in [5.41, 5.74) is 1.77. The molecule has 4 nitrogen and oxygen atoms in total. The molecule has 1 fully saturated rings. The zero-order valence-electron chi connectivity index (χ0n) is 13.7. The van der Waals surface area contributed by atoms with Crippen molar-refractivity contribution in [3.63, 3.8) is 0 Å². The minimum absolute atomic E-state index is 0.212. The fourth-order valence-corrected chi connectivity index (χ4v) is 4.11. The van der Waals surface area contributed by atoms with Crippen molar-refractivity contribution in [1.82, 2.24) is 4.90 Å². The first-order valence-corrected chi connectivity index (χ1v) is 9.80. The van der Waals surface area contributed by atoms with Crippen molar-refractivity contribution in [1.29, 1.82) is 0 Å². The highest BCUT2D eigenvalue weighted by molar-refractivity contribution is 9.10. The Morgan fingerprint density at radius 2 is 1.69 bits per heavy atom. The van der Waals surface area contributed by atoms with Gasteiger partial charge in [0.2, 0.25) is 0 Å². The molecule has 1 saturated heterocycles. The van der Waals surface area contributed by atoms with Gasteiger partial charge in [-0.25, -0.2) is 0 Å². The first-order valence-electron chi connectivity index (χ1n) is 8.12. The lowest BCUT2D eigenvalue weighted by atomic mass is 10.1. The lowest BCUT2D eigenvalue weighted by molar-refractivity contribution is -0.126. The van der Waals surface area contributed by atoms with Crippen LogP contribution in [0.1, 0.15) is 5.56 Å². The van der Waals surface area contributed by atoms with Crippen molar-refractivity contribution >= 4 is 55.3 Å². The number of halogens is 1.